The lowest BCUT2D eigenvalue weighted by Gasteiger charge is -2.30. The number of carbonyl (C=O) groups is 2. The number of primary amides is 1. The molecule has 3 rings (SSSR count). The number of rotatable bonds is 11. The molecule has 7 nitrogen and oxygen atoms in total. The van der Waals surface area contributed by atoms with Crippen molar-refractivity contribution in [3.05, 3.63) is 52.5 Å². The molecule has 0 spiro atoms. The number of nitrogen functional groups attached to an aromatic ring is 1. The SMILES string of the molecule is COc1cccc(COc2cc(N)c(Cl)cc2C(=O)CCCCN2CCC(C(N)=O)CC2)c1. The number of ether oxygens (including phenoxy) is 2. The highest BCUT2D eigenvalue weighted by atomic mass is 35.5. The van der Waals surface area contributed by atoms with Gasteiger partial charge in [-0.2, -0.15) is 0 Å². The molecule has 0 radical (unpaired) electrons. The number of hydrogen-bond acceptors (Lipinski definition) is 6. The maximum absolute atomic E-state index is 12.9. The lowest BCUT2D eigenvalue weighted by molar-refractivity contribution is -0.123. The van der Waals surface area contributed by atoms with Crippen LogP contribution in [0.4, 0.5) is 5.69 Å². The third-order valence-corrected chi connectivity index (χ3v) is 6.37. The molecular weight excluding hydrogens is 442 g/mol. The van der Waals surface area contributed by atoms with E-state index in [9.17, 15) is 9.59 Å². The fraction of sp³-hybridized carbons (Fsp3) is 0.440. The number of piperidine rings is 1. The Kier molecular flexibility index (Phi) is 8.97. The van der Waals surface area contributed by atoms with Crippen molar-refractivity contribution >= 4 is 29.0 Å². The van der Waals surface area contributed by atoms with Crippen LogP contribution in [0.15, 0.2) is 36.4 Å². The number of benzene rings is 2. The molecule has 2 aromatic rings. The third kappa shape index (κ3) is 7.11. The number of carbonyl (C=O) groups excluding carboxylic acids is 2. The fourth-order valence-electron chi connectivity index (χ4n) is 4.03. The maximum atomic E-state index is 12.9. The molecule has 33 heavy (non-hydrogen) atoms. The van der Waals surface area contributed by atoms with Crippen LogP contribution in [-0.4, -0.2) is 43.3 Å². The highest BCUT2D eigenvalue weighted by Crippen LogP contribution is 2.31. The number of unbranched alkanes of at least 4 members (excludes halogenated alkanes) is 1. The van der Waals surface area contributed by atoms with Crippen molar-refractivity contribution < 1.29 is 19.1 Å². The molecule has 0 atom stereocenters. The van der Waals surface area contributed by atoms with Crippen LogP contribution < -0.4 is 20.9 Å². The smallest absolute Gasteiger partial charge is 0.220 e. The molecule has 0 aromatic heterocycles. The number of likely N-dealkylation sites (tertiary alicyclic amines) is 1. The summed E-state index contributed by atoms with van der Waals surface area (Å²) in [6.07, 6.45) is 3.67. The number of methoxy groups -OCH3 is 1. The third-order valence-electron chi connectivity index (χ3n) is 6.05. The number of nitrogens with zero attached hydrogens (tertiary/aromatic N) is 1. The van der Waals surface area contributed by atoms with Gasteiger partial charge in [-0.15, -0.1) is 0 Å². The molecule has 0 bridgehead atoms. The topological polar surface area (TPSA) is 108 Å². The molecule has 4 N–H and O–H groups in total. The van der Waals surface area contributed by atoms with E-state index in [0.717, 1.165) is 56.6 Å². The summed E-state index contributed by atoms with van der Waals surface area (Å²) in [6, 6.07) is 10.8. The maximum Gasteiger partial charge on any atom is 0.220 e. The zero-order valence-electron chi connectivity index (χ0n) is 19.0. The Balaban J connectivity index is 1.53. The second-order valence-electron chi connectivity index (χ2n) is 8.41. The second-order valence-corrected chi connectivity index (χ2v) is 8.82. The lowest BCUT2D eigenvalue weighted by atomic mass is 9.96. The van der Waals surface area contributed by atoms with E-state index in [2.05, 4.69) is 4.90 Å². The van der Waals surface area contributed by atoms with Crippen molar-refractivity contribution in [2.24, 2.45) is 11.7 Å². The van der Waals surface area contributed by atoms with Crippen LogP contribution in [0.1, 0.15) is 48.0 Å². The number of Topliss-reactive ketones (excluding diaryl/α,β-unsaturated/α-hetero) is 1. The summed E-state index contributed by atoms with van der Waals surface area (Å²) < 4.78 is 11.2. The van der Waals surface area contributed by atoms with Crippen LogP contribution in [-0.2, 0) is 11.4 Å². The molecule has 1 amide bonds. The molecule has 1 fully saturated rings. The number of ketones is 1. The molecule has 1 aliphatic heterocycles. The summed E-state index contributed by atoms with van der Waals surface area (Å²) in [4.78, 5) is 26.6. The molecule has 1 heterocycles. The second kappa shape index (κ2) is 11.9. The number of hydrogen-bond donors (Lipinski definition) is 2. The first-order chi connectivity index (χ1) is 15.9. The quantitative estimate of drug-likeness (QED) is 0.289. The van der Waals surface area contributed by atoms with E-state index in [1.54, 1.807) is 19.2 Å². The number of anilines is 1. The van der Waals surface area contributed by atoms with Crippen molar-refractivity contribution in [1.29, 1.82) is 0 Å². The van der Waals surface area contributed by atoms with Crippen LogP contribution in [0.5, 0.6) is 11.5 Å². The van der Waals surface area contributed by atoms with Gasteiger partial charge in [-0.3, -0.25) is 9.59 Å². The molecular formula is C25H32ClN3O4. The monoisotopic (exact) mass is 473 g/mol. The Labute approximate surface area is 200 Å². The molecule has 0 aliphatic carbocycles. The van der Waals surface area contributed by atoms with Gasteiger partial charge >= 0.3 is 0 Å². The van der Waals surface area contributed by atoms with E-state index in [1.807, 2.05) is 24.3 Å². The highest BCUT2D eigenvalue weighted by molar-refractivity contribution is 6.33. The minimum Gasteiger partial charge on any atom is -0.497 e. The van der Waals surface area contributed by atoms with Crippen molar-refractivity contribution in [3.63, 3.8) is 0 Å². The predicted molar refractivity (Wildman–Crippen MR) is 130 cm³/mol. The first kappa shape index (κ1) is 24.9. The summed E-state index contributed by atoms with van der Waals surface area (Å²) in [5.41, 5.74) is 13.1. The van der Waals surface area contributed by atoms with Gasteiger partial charge in [-0.25, -0.2) is 0 Å². The Morgan fingerprint density at radius 2 is 1.91 bits per heavy atom. The first-order valence-electron chi connectivity index (χ1n) is 11.3. The molecule has 0 saturated carbocycles. The molecule has 0 unspecified atom stereocenters. The molecule has 8 heteroatoms. The average molecular weight is 474 g/mol. The van der Waals surface area contributed by atoms with Crippen molar-refractivity contribution in [2.45, 2.75) is 38.7 Å². The lowest BCUT2D eigenvalue weighted by Crippen LogP contribution is -2.38. The van der Waals surface area contributed by atoms with Gasteiger partial charge in [0.1, 0.15) is 18.1 Å². The largest absolute Gasteiger partial charge is 0.497 e. The first-order valence-corrected chi connectivity index (χ1v) is 11.6. The van der Waals surface area contributed by atoms with E-state index < -0.39 is 0 Å². The minimum absolute atomic E-state index is 0.00603. The van der Waals surface area contributed by atoms with Gasteiger partial charge in [-0.1, -0.05) is 23.7 Å². The van der Waals surface area contributed by atoms with E-state index >= 15 is 0 Å². The molecule has 2 aromatic carbocycles. The summed E-state index contributed by atoms with van der Waals surface area (Å²) in [6.45, 7) is 2.93. The van der Waals surface area contributed by atoms with Gasteiger partial charge < -0.3 is 25.8 Å². The average Bonchev–Trinajstić information content (AvgIpc) is 2.82. The van der Waals surface area contributed by atoms with Crippen LogP contribution in [0.25, 0.3) is 0 Å². The standard InChI is InChI=1S/C25H32ClN3O4/c1-32-19-6-4-5-17(13-19)16-33-24-15-22(27)21(26)14-20(24)23(30)7-2-3-10-29-11-8-18(9-12-29)25(28)31/h4-6,13-15,18H,2-3,7-12,16,27H2,1H3,(H2,28,31). The van der Waals surface area contributed by atoms with Crippen LogP contribution in [0.3, 0.4) is 0 Å². The summed E-state index contributed by atoms with van der Waals surface area (Å²) in [5.74, 6) is 0.936. The van der Waals surface area contributed by atoms with E-state index in [-0.39, 0.29) is 24.2 Å². The van der Waals surface area contributed by atoms with Gasteiger partial charge in [0, 0.05) is 18.4 Å². The Morgan fingerprint density at radius 1 is 1.15 bits per heavy atom. The minimum atomic E-state index is -0.202. The summed E-state index contributed by atoms with van der Waals surface area (Å²) in [7, 11) is 1.61. The van der Waals surface area contributed by atoms with Gasteiger partial charge in [0.25, 0.3) is 0 Å². The Morgan fingerprint density at radius 3 is 2.61 bits per heavy atom. The molecule has 1 aliphatic rings. The Bertz CT molecular complexity index is 974. The zero-order chi connectivity index (χ0) is 23.8. The van der Waals surface area contributed by atoms with Gasteiger partial charge in [0.2, 0.25) is 5.91 Å². The fourth-order valence-corrected chi connectivity index (χ4v) is 4.19. The van der Waals surface area contributed by atoms with E-state index in [0.29, 0.717) is 28.4 Å². The molecule has 1 saturated heterocycles. The van der Waals surface area contributed by atoms with E-state index in [1.165, 1.54) is 0 Å². The number of halogens is 1. The highest BCUT2D eigenvalue weighted by Gasteiger charge is 2.22. The summed E-state index contributed by atoms with van der Waals surface area (Å²) >= 11 is 6.19. The molecule has 178 valence electrons. The normalized spacial score (nSPS) is 14.7. The van der Waals surface area contributed by atoms with E-state index in [4.69, 9.17) is 32.5 Å². The Hall–Kier alpha value is -2.77. The van der Waals surface area contributed by atoms with Crippen molar-refractivity contribution in [3.8, 4) is 11.5 Å². The van der Waals surface area contributed by atoms with Crippen LogP contribution in [0.2, 0.25) is 5.02 Å². The summed E-state index contributed by atoms with van der Waals surface area (Å²) in [5, 5.41) is 0.337. The van der Waals surface area contributed by atoms with Gasteiger partial charge in [0.15, 0.2) is 5.78 Å². The number of nitrogens with two attached hydrogens (primary N) is 2. The zero-order valence-corrected chi connectivity index (χ0v) is 19.8. The van der Waals surface area contributed by atoms with Gasteiger partial charge in [0.05, 0.1) is 23.4 Å². The number of amides is 1. The predicted octanol–water partition coefficient (Wildman–Crippen LogP) is 4.06. The van der Waals surface area contributed by atoms with Gasteiger partial charge in [-0.05, 0) is 69.1 Å². The van der Waals surface area contributed by atoms with Crippen LogP contribution in [0, 0.1) is 5.92 Å². The van der Waals surface area contributed by atoms with Crippen LogP contribution >= 0.6 is 11.6 Å². The van der Waals surface area contributed by atoms with Crippen molar-refractivity contribution in [1.82, 2.24) is 4.90 Å². The van der Waals surface area contributed by atoms with Crippen molar-refractivity contribution in [2.75, 3.05) is 32.5 Å².